The van der Waals surface area contributed by atoms with Gasteiger partial charge in [0.2, 0.25) is 0 Å². The van der Waals surface area contributed by atoms with E-state index in [2.05, 4.69) is 17.0 Å². The number of hydrogen-bond donors (Lipinski definition) is 2. The quantitative estimate of drug-likeness (QED) is 0.667. The minimum atomic E-state index is 0.925. The highest BCUT2D eigenvalue weighted by atomic mass is 32.2. The first kappa shape index (κ1) is 13.9. The molecule has 0 radical (unpaired) electrons. The molecule has 0 bridgehead atoms. The van der Waals surface area contributed by atoms with E-state index in [-0.39, 0.29) is 0 Å². The summed E-state index contributed by atoms with van der Waals surface area (Å²) in [5.41, 5.74) is 6.73. The minimum Gasteiger partial charge on any atom is -0.398 e. The van der Waals surface area contributed by atoms with Gasteiger partial charge in [0.1, 0.15) is 0 Å². The summed E-state index contributed by atoms with van der Waals surface area (Å²) >= 11 is 3.68. The van der Waals surface area contributed by atoms with Crippen LogP contribution in [0.15, 0.2) is 11.4 Å². The number of hydrogen-bond acceptors (Lipinski definition) is 4. The second-order valence-corrected chi connectivity index (χ2v) is 5.87. The molecule has 0 aliphatic rings. The molecule has 0 unspecified atom stereocenters. The Morgan fingerprint density at radius 3 is 2.81 bits per heavy atom. The third-order valence-corrected chi connectivity index (χ3v) is 4.15. The second kappa shape index (κ2) is 8.90. The number of nitrogen functional groups attached to an aromatic ring is 1. The van der Waals surface area contributed by atoms with Crippen molar-refractivity contribution in [1.82, 2.24) is 5.32 Å². The Morgan fingerprint density at radius 1 is 1.31 bits per heavy atom. The summed E-state index contributed by atoms with van der Waals surface area (Å²) in [6.07, 6.45) is 7.52. The summed E-state index contributed by atoms with van der Waals surface area (Å²) in [5.74, 6) is 1.30. The largest absolute Gasteiger partial charge is 0.398 e. The number of anilines is 1. The van der Waals surface area contributed by atoms with Crippen molar-refractivity contribution in [2.24, 2.45) is 0 Å². The average Bonchev–Trinajstić information content (AvgIpc) is 2.68. The third-order valence-electron chi connectivity index (χ3n) is 2.52. The number of unbranched alkanes of at least 4 members (excludes halogenated alkanes) is 3. The molecule has 0 amide bonds. The van der Waals surface area contributed by atoms with Crippen molar-refractivity contribution >= 4 is 28.8 Å². The van der Waals surface area contributed by atoms with Crippen LogP contribution in [0.1, 0.15) is 30.6 Å². The molecule has 0 atom stereocenters. The Kier molecular flexibility index (Phi) is 7.72. The molecule has 1 aromatic heterocycles. The van der Waals surface area contributed by atoms with Crippen molar-refractivity contribution in [3.8, 4) is 0 Å². The van der Waals surface area contributed by atoms with Crippen molar-refractivity contribution < 1.29 is 0 Å². The Morgan fingerprint density at radius 2 is 2.12 bits per heavy atom. The molecule has 1 aromatic rings. The molecule has 16 heavy (non-hydrogen) atoms. The summed E-state index contributed by atoms with van der Waals surface area (Å²) in [4.78, 5) is 1.27. The first-order valence-electron chi connectivity index (χ1n) is 5.86. The zero-order chi connectivity index (χ0) is 11.6. The lowest BCUT2D eigenvalue weighted by Crippen LogP contribution is -2.14. The van der Waals surface area contributed by atoms with Crippen molar-refractivity contribution in [2.45, 2.75) is 32.2 Å². The van der Waals surface area contributed by atoms with E-state index in [0.717, 1.165) is 18.8 Å². The van der Waals surface area contributed by atoms with Crippen molar-refractivity contribution in [3.63, 3.8) is 0 Å². The van der Waals surface area contributed by atoms with E-state index in [9.17, 15) is 0 Å². The Bertz CT molecular complexity index is 274. The average molecular weight is 258 g/mol. The van der Waals surface area contributed by atoms with Crippen LogP contribution in [0.25, 0.3) is 0 Å². The van der Waals surface area contributed by atoms with Gasteiger partial charge < -0.3 is 11.1 Å². The lowest BCUT2D eigenvalue weighted by atomic mass is 10.2. The molecule has 1 heterocycles. The standard InChI is InChI=1S/C12H22N2S2/c1-15-8-5-3-2-4-7-14-10-12-11(13)6-9-16-12/h6,9,14H,2-5,7-8,10,13H2,1H3. The van der Waals surface area contributed by atoms with Gasteiger partial charge in [0, 0.05) is 17.1 Å². The molecular weight excluding hydrogens is 236 g/mol. The van der Waals surface area contributed by atoms with Crippen LogP contribution in [0, 0.1) is 0 Å². The number of thiophene rings is 1. The van der Waals surface area contributed by atoms with Gasteiger partial charge >= 0.3 is 0 Å². The maximum atomic E-state index is 5.80. The third kappa shape index (κ3) is 5.77. The fourth-order valence-electron chi connectivity index (χ4n) is 1.55. The topological polar surface area (TPSA) is 38.0 Å². The van der Waals surface area contributed by atoms with Crippen LogP contribution in [0.3, 0.4) is 0 Å². The SMILES string of the molecule is CSCCCCCCNCc1sccc1N. The zero-order valence-electron chi connectivity index (χ0n) is 10.00. The fraction of sp³-hybridized carbons (Fsp3) is 0.667. The highest BCUT2D eigenvalue weighted by molar-refractivity contribution is 7.98. The van der Waals surface area contributed by atoms with Gasteiger partial charge in [0.15, 0.2) is 0 Å². The molecular formula is C12H22N2S2. The van der Waals surface area contributed by atoms with Gasteiger partial charge in [0.05, 0.1) is 0 Å². The summed E-state index contributed by atoms with van der Waals surface area (Å²) in [7, 11) is 0. The Labute approximate surface area is 107 Å². The van der Waals surface area contributed by atoms with E-state index in [1.807, 2.05) is 17.8 Å². The number of thioether (sulfide) groups is 1. The van der Waals surface area contributed by atoms with Gasteiger partial charge in [-0.25, -0.2) is 0 Å². The Balaban J connectivity index is 1.91. The van der Waals surface area contributed by atoms with Crippen LogP contribution in [-0.4, -0.2) is 18.6 Å². The van der Waals surface area contributed by atoms with E-state index in [4.69, 9.17) is 5.73 Å². The maximum absolute atomic E-state index is 5.80. The van der Waals surface area contributed by atoms with Gasteiger partial charge in [-0.15, -0.1) is 11.3 Å². The first-order chi connectivity index (χ1) is 7.84. The smallest absolute Gasteiger partial charge is 0.0468 e. The van der Waals surface area contributed by atoms with Crippen molar-refractivity contribution in [1.29, 1.82) is 0 Å². The number of nitrogens with one attached hydrogen (secondary N) is 1. The molecule has 0 aliphatic carbocycles. The molecule has 4 heteroatoms. The highest BCUT2D eigenvalue weighted by Crippen LogP contribution is 2.17. The van der Waals surface area contributed by atoms with Crippen LogP contribution in [-0.2, 0) is 6.54 Å². The monoisotopic (exact) mass is 258 g/mol. The van der Waals surface area contributed by atoms with Gasteiger partial charge in [-0.3, -0.25) is 0 Å². The molecule has 0 saturated carbocycles. The van der Waals surface area contributed by atoms with E-state index >= 15 is 0 Å². The van der Waals surface area contributed by atoms with Crippen LogP contribution < -0.4 is 11.1 Å². The van der Waals surface area contributed by atoms with Gasteiger partial charge in [-0.05, 0) is 42.8 Å². The summed E-state index contributed by atoms with van der Waals surface area (Å²) in [6.45, 7) is 2.03. The summed E-state index contributed by atoms with van der Waals surface area (Å²) in [6, 6.07) is 1.98. The summed E-state index contributed by atoms with van der Waals surface area (Å²) in [5, 5.41) is 5.50. The van der Waals surface area contributed by atoms with E-state index in [0.29, 0.717) is 0 Å². The first-order valence-corrected chi connectivity index (χ1v) is 8.13. The zero-order valence-corrected chi connectivity index (χ0v) is 11.6. The van der Waals surface area contributed by atoms with Crippen LogP contribution >= 0.6 is 23.1 Å². The van der Waals surface area contributed by atoms with Gasteiger partial charge in [-0.2, -0.15) is 11.8 Å². The van der Waals surface area contributed by atoms with Crippen LogP contribution in [0.2, 0.25) is 0 Å². The normalized spacial score (nSPS) is 10.8. The molecule has 0 fully saturated rings. The van der Waals surface area contributed by atoms with Crippen LogP contribution in [0.4, 0.5) is 5.69 Å². The van der Waals surface area contributed by atoms with Gasteiger partial charge in [-0.1, -0.05) is 12.8 Å². The Hall–Kier alpha value is -0.190. The number of nitrogens with two attached hydrogens (primary N) is 1. The van der Waals surface area contributed by atoms with Crippen LogP contribution in [0.5, 0.6) is 0 Å². The second-order valence-electron chi connectivity index (χ2n) is 3.88. The molecule has 0 spiro atoms. The molecule has 0 aromatic carbocycles. The predicted octanol–water partition coefficient (Wildman–Crippen LogP) is 3.34. The van der Waals surface area contributed by atoms with E-state index in [1.54, 1.807) is 11.3 Å². The van der Waals surface area contributed by atoms with Crippen molar-refractivity contribution in [3.05, 3.63) is 16.3 Å². The molecule has 3 N–H and O–H groups in total. The number of rotatable bonds is 9. The highest BCUT2D eigenvalue weighted by Gasteiger charge is 1.98. The van der Waals surface area contributed by atoms with Crippen molar-refractivity contribution in [2.75, 3.05) is 24.3 Å². The van der Waals surface area contributed by atoms with Gasteiger partial charge in [0.25, 0.3) is 0 Å². The fourth-order valence-corrected chi connectivity index (χ4v) is 2.81. The van der Waals surface area contributed by atoms with E-state index in [1.165, 1.54) is 36.3 Å². The van der Waals surface area contributed by atoms with E-state index < -0.39 is 0 Å². The summed E-state index contributed by atoms with van der Waals surface area (Å²) < 4.78 is 0. The minimum absolute atomic E-state index is 0.925. The molecule has 92 valence electrons. The predicted molar refractivity (Wildman–Crippen MR) is 77.3 cm³/mol. The molecule has 0 saturated heterocycles. The maximum Gasteiger partial charge on any atom is 0.0468 e. The lowest BCUT2D eigenvalue weighted by Gasteiger charge is -2.04. The molecule has 2 nitrogen and oxygen atoms in total. The lowest BCUT2D eigenvalue weighted by molar-refractivity contribution is 0.602. The molecule has 0 aliphatic heterocycles. The molecule has 1 rings (SSSR count).